The van der Waals surface area contributed by atoms with Crippen LogP contribution in [0.2, 0.25) is 0 Å². The van der Waals surface area contributed by atoms with E-state index >= 15 is 0 Å². The van der Waals surface area contributed by atoms with Crippen molar-refractivity contribution < 1.29 is 29.3 Å². The molecule has 2 rings (SSSR count). The molecule has 170 valence electrons. The molecule has 0 bridgehead atoms. The SMILES string of the molecule is COCc1cccc(C[C@@H](O)C=C[C@H]2[C@H](O)CC(=O)[C@@H]2CCCCC=CC(=O)OC)c1. The average molecular weight is 431 g/mol. The molecule has 0 radical (unpaired) electrons. The van der Waals surface area contributed by atoms with Crippen LogP contribution in [0.4, 0.5) is 0 Å². The van der Waals surface area contributed by atoms with Crippen molar-refractivity contribution in [3.8, 4) is 0 Å². The Bertz CT molecular complexity index is 769. The second kappa shape index (κ2) is 13.2. The Morgan fingerprint density at radius 1 is 1.26 bits per heavy atom. The van der Waals surface area contributed by atoms with Crippen molar-refractivity contribution in [1.82, 2.24) is 0 Å². The molecule has 0 heterocycles. The van der Waals surface area contributed by atoms with Gasteiger partial charge in [0.25, 0.3) is 0 Å². The predicted octanol–water partition coefficient (Wildman–Crippen LogP) is 3.15. The van der Waals surface area contributed by atoms with Crippen molar-refractivity contribution >= 4 is 11.8 Å². The van der Waals surface area contributed by atoms with Gasteiger partial charge in [-0.25, -0.2) is 4.79 Å². The number of methoxy groups -OCH3 is 2. The first-order valence-corrected chi connectivity index (χ1v) is 10.8. The Morgan fingerprint density at radius 2 is 2.03 bits per heavy atom. The topological polar surface area (TPSA) is 93.1 Å². The summed E-state index contributed by atoms with van der Waals surface area (Å²) in [6, 6.07) is 7.88. The molecule has 0 saturated heterocycles. The van der Waals surface area contributed by atoms with Gasteiger partial charge in [-0.05, 0) is 30.4 Å². The van der Waals surface area contributed by atoms with E-state index in [1.54, 1.807) is 25.3 Å². The fraction of sp³-hybridized carbons (Fsp3) is 0.520. The van der Waals surface area contributed by atoms with Crippen LogP contribution < -0.4 is 0 Å². The summed E-state index contributed by atoms with van der Waals surface area (Å²) >= 11 is 0. The maximum absolute atomic E-state index is 12.3. The summed E-state index contributed by atoms with van der Waals surface area (Å²) in [5.74, 6) is -0.794. The maximum atomic E-state index is 12.3. The van der Waals surface area contributed by atoms with Crippen LogP contribution in [0.1, 0.15) is 43.2 Å². The van der Waals surface area contributed by atoms with Crippen LogP contribution in [0, 0.1) is 11.8 Å². The number of unbranched alkanes of at least 4 members (excludes halogenated alkanes) is 2. The minimum absolute atomic E-state index is 0.0778. The molecular weight excluding hydrogens is 396 g/mol. The van der Waals surface area contributed by atoms with Crippen molar-refractivity contribution in [2.75, 3.05) is 14.2 Å². The molecule has 0 aliphatic heterocycles. The van der Waals surface area contributed by atoms with E-state index in [1.165, 1.54) is 13.2 Å². The van der Waals surface area contributed by atoms with Crippen LogP contribution >= 0.6 is 0 Å². The Kier molecular flexibility index (Phi) is 10.6. The molecule has 1 aromatic carbocycles. The zero-order valence-electron chi connectivity index (χ0n) is 18.4. The standard InChI is InChI=1S/C25H34O6/c1-30-17-19-9-7-8-18(14-19)15-20(26)12-13-22-21(23(27)16-24(22)28)10-5-3-4-6-11-25(29)31-2/h6-9,11-14,20-22,24,26,28H,3-5,10,15-17H2,1-2H3/t20-,21+,22+,24+/m0/s1. The highest BCUT2D eigenvalue weighted by atomic mass is 16.5. The molecule has 2 N–H and O–H groups in total. The van der Waals surface area contributed by atoms with E-state index in [-0.39, 0.29) is 30.0 Å². The molecule has 1 aliphatic carbocycles. The van der Waals surface area contributed by atoms with Gasteiger partial charge in [-0.3, -0.25) is 4.79 Å². The van der Waals surface area contributed by atoms with Crippen molar-refractivity contribution in [2.45, 2.75) is 57.3 Å². The lowest BCUT2D eigenvalue weighted by atomic mass is 9.88. The zero-order valence-corrected chi connectivity index (χ0v) is 18.4. The smallest absolute Gasteiger partial charge is 0.330 e. The van der Waals surface area contributed by atoms with Gasteiger partial charge >= 0.3 is 5.97 Å². The minimum atomic E-state index is -0.704. The van der Waals surface area contributed by atoms with Crippen LogP contribution in [-0.4, -0.2) is 48.4 Å². The number of rotatable bonds is 12. The lowest BCUT2D eigenvalue weighted by Crippen LogP contribution is -2.19. The summed E-state index contributed by atoms with van der Waals surface area (Å²) in [6.45, 7) is 0.524. The van der Waals surface area contributed by atoms with E-state index < -0.39 is 12.2 Å². The molecule has 0 amide bonds. The number of allylic oxidation sites excluding steroid dienone is 1. The number of ketones is 1. The van der Waals surface area contributed by atoms with Gasteiger partial charge in [-0.2, -0.15) is 0 Å². The predicted molar refractivity (Wildman–Crippen MR) is 118 cm³/mol. The van der Waals surface area contributed by atoms with Gasteiger partial charge in [0.05, 0.1) is 25.9 Å². The summed E-state index contributed by atoms with van der Waals surface area (Å²) < 4.78 is 9.69. The zero-order chi connectivity index (χ0) is 22.6. The molecule has 6 heteroatoms. The molecule has 4 atom stereocenters. The van der Waals surface area contributed by atoms with Crippen LogP contribution in [0.5, 0.6) is 0 Å². The highest BCUT2D eigenvalue weighted by molar-refractivity contribution is 5.84. The van der Waals surface area contributed by atoms with Gasteiger partial charge in [0.2, 0.25) is 0 Å². The molecule has 31 heavy (non-hydrogen) atoms. The number of aliphatic hydroxyl groups excluding tert-OH is 2. The molecular formula is C25H34O6. The monoisotopic (exact) mass is 430 g/mol. The van der Waals surface area contributed by atoms with Crippen LogP contribution in [-0.2, 0) is 32.1 Å². The molecule has 1 aliphatic rings. The fourth-order valence-electron chi connectivity index (χ4n) is 4.05. The van der Waals surface area contributed by atoms with Gasteiger partial charge in [0, 0.05) is 37.9 Å². The quantitative estimate of drug-likeness (QED) is 0.229. The maximum Gasteiger partial charge on any atom is 0.330 e. The largest absolute Gasteiger partial charge is 0.466 e. The summed E-state index contributed by atoms with van der Waals surface area (Å²) in [4.78, 5) is 23.4. The first kappa shape index (κ1) is 25.0. The van der Waals surface area contributed by atoms with E-state index in [1.807, 2.05) is 24.3 Å². The van der Waals surface area contributed by atoms with Gasteiger partial charge < -0.3 is 19.7 Å². The molecule has 1 fully saturated rings. The molecule has 1 saturated carbocycles. The molecule has 0 unspecified atom stereocenters. The van der Waals surface area contributed by atoms with Crippen LogP contribution in [0.3, 0.4) is 0 Å². The van der Waals surface area contributed by atoms with Crippen molar-refractivity contribution in [3.63, 3.8) is 0 Å². The third-order valence-corrected chi connectivity index (χ3v) is 5.63. The molecule has 0 spiro atoms. The van der Waals surface area contributed by atoms with Gasteiger partial charge in [0.15, 0.2) is 0 Å². The van der Waals surface area contributed by atoms with Crippen molar-refractivity contribution in [2.24, 2.45) is 11.8 Å². The highest BCUT2D eigenvalue weighted by Gasteiger charge is 2.39. The van der Waals surface area contributed by atoms with E-state index in [9.17, 15) is 19.8 Å². The summed E-state index contributed by atoms with van der Waals surface area (Å²) in [6.07, 6.45) is 9.01. The second-order valence-corrected chi connectivity index (χ2v) is 8.04. The average Bonchev–Trinajstić information content (AvgIpc) is 3.01. The second-order valence-electron chi connectivity index (χ2n) is 8.04. The lowest BCUT2D eigenvalue weighted by molar-refractivity contribution is -0.134. The highest BCUT2D eigenvalue weighted by Crippen LogP contribution is 2.34. The minimum Gasteiger partial charge on any atom is -0.466 e. The Labute approximate surface area is 184 Å². The van der Waals surface area contributed by atoms with E-state index in [0.717, 1.165) is 30.4 Å². The van der Waals surface area contributed by atoms with Gasteiger partial charge in [-0.1, -0.05) is 48.9 Å². The summed E-state index contributed by atoms with van der Waals surface area (Å²) in [5, 5.41) is 20.8. The number of carbonyl (C=O) groups is 2. The molecule has 0 aromatic heterocycles. The van der Waals surface area contributed by atoms with Gasteiger partial charge in [0.1, 0.15) is 5.78 Å². The number of benzene rings is 1. The van der Waals surface area contributed by atoms with Crippen LogP contribution in [0.25, 0.3) is 0 Å². The Balaban J connectivity index is 1.86. The number of Topliss-reactive ketones (excluding diaryl/α,β-unsaturated/α-hetero) is 1. The number of carbonyl (C=O) groups excluding carboxylic acids is 2. The van der Waals surface area contributed by atoms with E-state index in [4.69, 9.17) is 4.74 Å². The Hall–Kier alpha value is -2.28. The lowest BCUT2D eigenvalue weighted by Gasteiger charge is -2.18. The molecule has 6 nitrogen and oxygen atoms in total. The Morgan fingerprint density at radius 3 is 2.77 bits per heavy atom. The number of ether oxygens (including phenoxy) is 2. The normalized spacial score (nSPS) is 22.5. The third-order valence-electron chi connectivity index (χ3n) is 5.63. The first-order valence-electron chi connectivity index (χ1n) is 10.8. The number of hydrogen-bond donors (Lipinski definition) is 2. The first-order chi connectivity index (χ1) is 14.9. The van der Waals surface area contributed by atoms with Gasteiger partial charge in [-0.15, -0.1) is 0 Å². The number of hydrogen-bond acceptors (Lipinski definition) is 6. The fourth-order valence-corrected chi connectivity index (χ4v) is 4.05. The molecule has 1 aromatic rings. The number of esters is 1. The number of aliphatic hydroxyl groups is 2. The van der Waals surface area contributed by atoms with E-state index in [0.29, 0.717) is 19.4 Å². The summed E-state index contributed by atoms with van der Waals surface area (Å²) in [7, 11) is 2.99. The third kappa shape index (κ3) is 8.40. The van der Waals surface area contributed by atoms with Crippen molar-refractivity contribution in [1.29, 1.82) is 0 Å². The summed E-state index contributed by atoms with van der Waals surface area (Å²) in [5.41, 5.74) is 2.06. The van der Waals surface area contributed by atoms with Crippen molar-refractivity contribution in [3.05, 3.63) is 59.7 Å². The van der Waals surface area contributed by atoms with Crippen LogP contribution in [0.15, 0.2) is 48.6 Å². The van der Waals surface area contributed by atoms with E-state index in [2.05, 4.69) is 4.74 Å².